The second-order valence-electron chi connectivity index (χ2n) is 5.07. The number of rotatable bonds is 3. The standard InChI is InChI=1S/C17H20IN/c1-11-9-13(3)16(10-12(11)2)17(19-4)14-5-7-15(18)8-6-14/h5-10,17,19H,1-4H3. The fourth-order valence-electron chi connectivity index (χ4n) is 2.45. The molecule has 2 aromatic rings. The molecule has 0 spiro atoms. The first-order chi connectivity index (χ1) is 9.02. The van der Waals surface area contributed by atoms with E-state index >= 15 is 0 Å². The average Bonchev–Trinajstić information content (AvgIpc) is 2.38. The molecule has 1 unspecified atom stereocenters. The van der Waals surface area contributed by atoms with Gasteiger partial charge in [-0.3, -0.25) is 0 Å². The third-order valence-corrected chi connectivity index (χ3v) is 4.40. The first-order valence-electron chi connectivity index (χ1n) is 6.53. The van der Waals surface area contributed by atoms with Gasteiger partial charge in [0, 0.05) is 3.57 Å². The van der Waals surface area contributed by atoms with E-state index in [1.807, 2.05) is 7.05 Å². The Kier molecular flexibility index (Phi) is 4.63. The number of hydrogen-bond donors (Lipinski definition) is 1. The molecule has 0 aliphatic carbocycles. The van der Waals surface area contributed by atoms with Gasteiger partial charge in [-0.2, -0.15) is 0 Å². The number of halogens is 1. The molecule has 19 heavy (non-hydrogen) atoms. The summed E-state index contributed by atoms with van der Waals surface area (Å²) in [6, 6.07) is 13.6. The molecule has 2 aromatic carbocycles. The summed E-state index contributed by atoms with van der Waals surface area (Å²) in [6.45, 7) is 6.54. The molecule has 1 N–H and O–H groups in total. The Morgan fingerprint density at radius 2 is 1.47 bits per heavy atom. The highest BCUT2D eigenvalue weighted by Crippen LogP contribution is 2.27. The van der Waals surface area contributed by atoms with Gasteiger partial charge in [0.1, 0.15) is 0 Å². The van der Waals surface area contributed by atoms with Crippen LogP contribution in [0.1, 0.15) is 33.9 Å². The molecule has 0 fully saturated rings. The molecule has 100 valence electrons. The van der Waals surface area contributed by atoms with Crippen molar-refractivity contribution >= 4 is 22.6 Å². The van der Waals surface area contributed by atoms with Gasteiger partial charge in [0.05, 0.1) is 6.04 Å². The zero-order valence-corrected chi connectivity index (χ0v) is 14.1. The first kappa shape index (κ1) is 14.5. The van der Waals surface area contributed by atoms with Crippen molar-refractivity contribution in [2.45, 2.75) is 26.8 Å². The van der Waals surface area contributed by atoms with Gasteiger partial charge in [-0.15, -0.1) is 0 Å². The fourth-order valence-corrected chi connectivity index (χ4v) is 2.81. The lowest BCUT2D eigenvalue weighted by Gasteiger charge is -2.21. The van der Waals surface area contributed by atoms with Crippen molar-refractivity contribution in [1.29, 1.82) is 0 Å². The van der Waals surface area contributed by atoms with E-state index in [4.69, 9.17) is 0 Å². The summed E-state index contributed by atoms with van der Waals surface area (Å²) in [4.78, 5) is 0. The van der Waals surface area contributed by atoms with E-state index in [-0.39, 0.29) is 6.04 Å². The van der Waals surface area contributed by atoms with E-state index < -0.39 is 0 Å². The molecule has 0 saturated heterocycles. The van der Waals surface area contributed by atoms with Crippen LogP contribution < -0.4 is 5.32 Å². The largest absolute Gasteiger partial charge is 0.309 e. The second kappa shape index (κ2) is 6.06. The highest BCUT2D eigenvalue weighted by Gasteiger charge is 2.15. The number of hydrogen-bond acceptors (Lipinski definition) is 1. The zero-order chi connectivity index (χ0) is 14.0. The van der Waals surface area contributed by atoms with Gasteiger partial charge in [0.25, 0.3) is 0 Å². The minimum atomic E-state index is 0.260. The smallest absolute Gasteiger partial charge is 0.0577 e. The minimum absolute atomic E-state index is 0.260. The van der Waals surface area contributed by atoms with Gasteiger partial charge in [0.2, 0.25) is 0 Å². The Balaban J connectivity index is 2.47. The second-order valence-corrected chi connectivity index (χ2v) is 6.31. The Hall–Kier alpha value is -0.870. The summed E-state index contributed by atoms with van der Waals surface area (Å²) in [5, 5.41) is 3.44. The monoisotopic (exact) mass is 365 g/mol. The molecule has 1 atom stereocenters. The first-order valence-corrected chi connectivity index (χ1v) is 7.61. The molecule has 2 rings (SSSR count). The lowest BCUT2D eigenvalue weighted by atomic mass is 9.92. The van der Waals surface area contributed by atoms with Crippen molar-refractivity contribution in [3.05, 3.63) is 67.8 Å². The third kappa shape index (κ3) is 3.18. The van der Waals surface area contributed by atoms with Crippen LogP contribution in [0.15, 0.2) is 36.4 Å². The highest BCUT2D eigenvalue weighted by molar-refractivity contribution is 14.1. The molecule has 0 radical (unpaired) electrons. The van der Waals surface area contributed by atoms with E-state index in [1.165, 1.54) is 31.4 Å². The molecule has 2 heteroatoms. The van der Waals surface area contributed by atoms with E-state index in [9.17, 15) is 0 Å². The summed E-state index contributed by atoms with van der Waals surface area (Å²) >= 11 is 2.34. The van der Waals surface area contributed by atoms with Crippen molar-refractivity contribution in [2.24, 2.45) is 0 Å². The van der Waals surface area contributed by atoms with Crippen LogP contribution in [0.4, 0.5) is 0 Å². The van der Waals surface area contributed by atoms with Crippen LogP contribution in [-0.2, 0) is 0 Å². The molecule has 0 bridgehead atoms. The summed E-state index contributed by atoms with van der Waals surface area (Å²) in [5.74, 6) is 0. The van der Waals surface area contributed by atoms with Crippen LogP contribution in [0.3, 0.4) is 0 Å². The fraction of sp³-hybridized carbons (Fsp3) is 0.294. The van der Waals surface area contributed by atoms with E-state index in [0.29, 0.717) is 0 Å². The third-order valence-electron chi connectivity index (χ3n) is 3.69. The SMILES string of the molecule is CNC(c1ccc(I)cc1)c1cc(C)c(C)cc1C. The Morgan fingerprint density at radius 1 is 0.895 bits per heavy atom. The van der Waals surface area contributed by atoms with Crippen LogP contribution in [0.2, 0.25) is 0 Å². The maximum absolute atomic E-state index is 3.44. The summed E-state index contributed by atoms with van der Waals surface area (Å²) in [7, 11) is 2.03. The number of aryl methyl sites for hydroxylation is 3. The van der Waals surface area contributed by atoms with Crippen LogP contribution in [-0.4, -0.2) is 7.05 Å². The Labute approximate surface area is 129 Å². The number of nitrogens with one attached hydrogen (secondary N) is 1. The van der Waals surface area contributed by atoms with Crippen LogP contribution in [0.25, 0.3) is 0 Å². The maximum atomic E-state index is 3.44. The normalized spacial score (nSPS) is 12.5. The Morgan fingerprint density at radius 3 is 2.05 bits per heavy atom. The van der Waals surface area contributed by atoms with Crippen LogP contribution in [0.5, 0.6) is 0 Å². The predicted molar refractivity (Wildman–Crippen MR) is 90.7 cm³/mol. The predicted octanol–water partition coefficient (Wildman–Crippen LogP) is 4.53. The van der Waals surface area contributed by atoms with E-state index in [0.717, 1.165) is 0 Å². The van der Waals surface area contributed by atoms with Crippen molar-refractivity contribution in [3.8, 4) is 0 Å². The highest BCUT2D eigenvalue weighted by atomic mass is 127. The molecule has 0 aliphatic rings. The summed E-state index contributed by atoms with van der Waals surface area (Å²) in [5.41, 5.74) is 6.74. The molecule has 0 aromatic heterocycles. The van der Waals surface area contributed by atoms with E-state index in [1.54, 1.807) is 0 Å². The van der Waals surface area contributed by atoms with Gasteiger partial charge in [-0.25, -0.2) is 0 Å². The van der Waals surface area contributed by atoms with Crippen molar-refractivity contribution in [3.63, 3.8) is 0 Å². The van der Waals surface area contributed by atoms with Crippen LogP contribution >= 0.6 is 22.6 Å². The van der Waals surface area contributed by atoms with Gasteiger partial charge >= 0.3 is 0 Å². The van der Waals surface area contributed by atoms with Gasteiger partial charge < -0.3 is 5.32 Å². The molecule has 0 amide bonds. The van der Waals surface area contributed by atoms with Crippen molar-refractivity contribution in [1.82, 2.24) is 5.32 Å². The molecular weight excluding hydrogens is 345 g/mol. The van der Waals surface area contributed by atoms with Crippen LogP contribution in [0, 0.1) is 24.3 Å². The minimum Gasteiger partial charge on any atom is -0.309 e. The topological polar surface area (TPSA) is 12.0 Å². The maximum Gasteiger partial charge on any atom is 0.0577 e. The van der Waals surface area contributed by atoms with Gasteiger partial charge in [0.15, 0.2) is 0 Å². The average molecular weight is 365 g/mol. The lowest BCUT2D eigenvalue weighted by molar-refractivity contribution is 0.686. The molecular formula is C17H20IN. The molecule has 1 nitrogen and oxygen atoms in total. The van der Waals surface area contributed by atoms with E-state index in [2.05, 4.69) is 85.1 Å². The zero-order valence-electron chi connectivity index (χ0n) is 11.9. The van der Waals surface area contributed by atoms with Crippen molar-refractivity contribution in [2.75, 3.05) is 7.05 Å². The molecule has 0 saturated carbocycles. The lowest BCUT2D eigenvalue weighted by Crippen LogP contribution is -2.19. The molecule has 0 heterocycles. The Bertz CT molecular complexity index is 573. The van der Waals surface area contributed by atoms with Crippen molar-refractivity contribution < 1.29 is 0 Å². The molecule has 0 aliphatic heterocycles. The van der Waals surface area contributed by atoms with Gasteiger partial charge in [-0.1, -0.05) is 24.3 Å². The van der Waals surface area contributed by atoms with Gasteiger partial charge in [-0.05, 0) is 90.4 Å². The quantitative estimate of drug-likeness (QED) is 0.789. The summed E-state index contributed by atoms with van der Waals surface area (Å²) in [6.07, 6.45) is 0. The summed E-state index contributed by atoms with van der Waals surface area (Å²) < 4.78 is 1.27. The number of benzene rings is 2.